The highest BCUT2D eigenvalue weighted by Crippen LogP contribution is 2.37. The number of nitrogen functional groups attached to an aromatic ring is 1. The van der Waals surface area contributed by atoms with Crippen LogP contribution < -0.4 is 11.1 Å². The van der Waals surface area contributed by atoms with Crippen molar-refractivity contribution in [2.24, 2.45) is 0 Å². The normalized spacial score (nSPS) is 13.2. The molecule has 25 heavy (non-hydrogen) atoms. The lowest BCUT2D eigenvalue weighted by atomic mass is 10.1. The third-order valence-corrected chi connectivity index (χ3v) is 6.36. The number of aryl methyl sites for hydroxylation is 2. The number of benzene rings is 1. The predicted molar refractivity (Wildman–Crippen MR) is 105 cm³/mol. The summed E-state index contributed by atoms with van der Waals surface area (Å²) in [6.07, 6.45) is 3.10. The van der Waals surface area contributed by atoms with E-state index in [9.17, 15) is 4.79 Å². The van der Waals surface area contributed by atoms with Crippen molar-refractivity contribution in [2.75, 3.05) is 11.1 Å². The van der Waals surface area contributed by atoms with E-state index >= 15 is 0 Å². The summed E-state index contributed by atoms with van der Waals surface area (Å²) in [5.41, 5.74) is 9.36. The number of hydrogen-bond acceptors (Lipinski definition) is 4. The van der Waals surface area contributed by atoms with Gasteiger partial charge in [0.15, 0.2) is 0 Å². The number of hydrogen-bond donors (Lipinski definition) is 2. The van der Waals surface area contributed by atoms with Gasteiger partial charge in [0.05, 0.1) is 26.4 Å². The molecule has 0 atom stereocenters. The molecule has 0 fully saturated rings. The van der Waals surface area contributed by atoms with Gasteiger partial charge in [-0.2, -0.15) is 0 Å². The molecule has 4 nitrogen and oxygen atoms in total. The van der Waals surface area contributed by atoms with Crippen LogP contribution in [0.1, 0.15) is 27.3 Å². The summed E-state index contributed by atoms with van der Waals surface area (Å²) >= 11 is 19.3. The van der Waals surface area contributed by atoms with Gasteiger partial charge in [0.1, 0.15) is 9.71 Å². The Balaban J connectivity index is 1.71. The van der Waals surface area contributed by atoms with Crippen LogP contribution in [0.2, 0.25) is 15.1 Å². The average molecular weight is 413 g/mol. The van der Waals surface area contributed by atoms with E-state index in [4.69, 9.17) is 40.5 Å². The van der Waals surface area contributed by atoms with Gasteiger partial charge in [-0.3, -0.25) is 4.79 Å². The van der Waals surface area contributed by atoms with Gasteiger partial charge in [0.25, 0.3) is 5.91 Å². The first-order chi connectivity index (χ1) is 11.9. The van der Waals surface area contributed by atoms with Crippen molar-refractivity contribution in [1.29, 1.82) is 0 Å². The molecule has 128 valence electrons. The smallest absolute Gasteiger partial charge is 0.267 e. The number of carbonyl (C=O) groups excluding carboxylic acids is 1. The van der Waals surface area contributed by atoms with Crippen molar-refractivity contribution in [3.8, 4) is 0 Å². The quantitative estimate of drug-likeness (QED) is 0.540. The van der Waals surface area contributed by atoms with E-state index in [2.05, 4.69) is 16.4 Å². The monoisotopic (exact) mass is 411 g/mol. The van der Waals surface area contributed by atoms with Crippen LogP contribution in [0.5, 0.6) is 0 Å². The minimum absolute atomic E-state index is 0.305. The molecule has 3 N–H and O–H groups in total. The van der Waals surface area contributed by atoms with Gasteiger partial charge in [-0.15, -0.1) is 11.3 Å². The third-order valence-electron chi connectivity index (χ3n) is 4.21. The number of anilines is 2. The van der Waals surface area contributed by atoms with Crippen LogP contribution >= 0.6 is 46.1 Å². The van der Waals surface area contributed by atoms with E-state index in [-0.39, 0.29) is 5.91 Å². The Labute approximate surface area is 162 Å². The van der Waals surface area contributed by atoms with E-state index in [1.54, 1.807) is 0 Å². The Bertz CT molecular complexity index is 1030. The van der Waals surface area contributed by atoms with Crippen molar-refractivity contribution >= 4 is 73.6 Å². The summed E-state index contributed by atoms with van der Waals surface area (Å²) in [5, 5.41) is 4.51. The molecule has 2 heterocycles. The molecule has 0 radical (unpaired) electrons. The van der Waals surface area contributed by atoms with Gasteiger partial charge >= 0.3 is 0 Å². The number of pyridine rings is 1. The van der Waals surface area contributed by atoms with Crippen LogP contribution in [-0.2, 0) is 12.8 Å². The van der Waals surface area contributed by atoms with E-state index in [1.807, 2.05) is 0 Å². The number of fused-ring (bicyclic) bond motifs is 2. The largest absolute Gasteiger partial charge is 0.397 e. The fraction of sp³-hybridized carbons (Fsp3) is 0.176. The predicted octanol–water partition coefficient (Wildman–Crippen LogP) is 5.58. The van der Waals surface area contributed by atoms with Crippen LogP contribution in [-0.4, -0.2) is 10.9 Å². The molecule has 1 aromatic carbocycles. The van der Waals surface area contributed by atoms with Crippen molar-refractivity contribution < 1.29 is 4.79 Å². The summed E-state index contributed by atoms with van der Waals surface area (Å²) in [6, 6.07) is 5.06. The van der Waals surface area contributed by atoms with Crippen molar-refractivity contribution in [1.82, 2.24) is 4.98 Å². The molecular weight excluding hydrogens is 401 g/mol. The molecule has 3 aromatic rings. The number of amides is 1. The standard InChI is InChI=1S/C17H12Cl3N3OS/c18-9-5-11(20)13(6-10(9)19)22-16(24)15-14(21)8-4-7-2-1-3-12(7)23-17(8)25-15/h4-6H,1-3,21H2,(H,22,24). The maximum absolute atomic E-state index is 12.7. The summed E-state index contributed by atoms with van der Waals surface area (Å²) in [7, 11) is 0. The molecule has 4 rings (SSSR count). The molecular formula is C17H12Cl3N3OS. The van der Waals surface area contributed by atoms with Crippen LogP contribution in [0.25, 0.3) is 10.2 Å². The zero-order valence-electron chi connectivity index (χ0n) is 12.8. The topological polar surface area (TPSA) is 68.0 Å². The van der Waals surface area contributed by atoms with Crippen LogP contribution in [0.4, 0.5) is 11.4 Å². The maximum Gasteiger partial charge on any atom is 0.267 e. The van der Waals surface area contributed by atoms with Gasteiger partial charge in [-0.25, -0.2) is 4.98 Å². The molecule has 0 bridgehead atoms. The Kier molecular flexibility index (Phi) is 4.28. The second kappa shape index (κ2) is 6.32. The highest BCUT2D eigenvalue weighted by atomic mass is 35.5. The fourth-order valence-electron chi connectivity index (χ4n) is 2.96. The summed E-state index contributed by atoms with van der Waals surface area (Å²) < 4.78 is 0. The van der Waals surface area contributed by atoms with Crippen LogP contribution in [0, 0.1) is 0 Å². The average Bonchev–Trinajstić information content (AvgIpc) is 3.15. The molecule has 0 spiro atoms. The molecule has 2 aromatic heterocycles. The Morgan fingerprint density at radius 2 is 1.88 bits per heavy atom. The first-order valence-corrected chi connectivity index (χ1v) is 9.55. The molecule has 1 amide bonds. The van der Waals surface area contributed by atoms with Gasteiger partial charge < -0.3 is 11.1 Å². The van der Waals surface area contributed by atoms with Gasteiger partial charge in [0, 0.05) is 11.1 Å². The van der Waals surface area contributed by atoms with Crippen molar-refractivity contribution in [3.05, 3.63) is 49.4 Å². The SMILES string of the molecule is Nc1c(C(=O)Nc2cc(Cl)c(Cl)cc2Cl)sc2nc3c(cc12)CCC3. The second-order valence-corrected chi connectivity index (χ2v) is 8.07. The highest BCUT2D eigenvalue weighted by Gasteiger charge is 2.21. The molecule has 0 saturated heterocycles. The maximum atomic E-state index is 12.7. The first kappa shape index (κ1) is 16.9. The van der Waals surface area contributed by atoms with Gasteiger partial charge in [-0.05, 0) is 43.0 Å². The Hall–Kier alpha value is -1.53. The number of nitrogens with two attached hydrogens (primary N) is 1. The van der Waals surface area contributed by atoms with E-state index in [0.717, 1.165) is 35.2 Å². The first-order valence-electron chi connectivity index (χ1n) is 7.60. The zero-order chi connectivity index (χ0) is 17.7. The number of thiophene rings is 1. The minimum atomic E-state index is -0.346. The number of rotatable bonds is 2. The number of aromatic nitrogens is 1. The number of halogens is 3. The highest BCUT2D eigenvalue weighted by molar-refractivity contribution is 7.21. The second-order valence-electron chi connectivity index (χ2n) is 5.85. The molecule has 1 aliphatic carbocycles. The van der Waals surface area contributed by atoms with Crippen molar-refractivity contribution in [2.45, 2.75) is 19.3 Å². The Morgan fingerprint density at radius 3 is 2.68 bits per heavy atom. The molecule has 1 aliphatic rings. The summed E-state index contributed by atoms with van der Waals surface area (Å²) in [5.74, 6) is -0.346. The molecule has 0 aliphatic heterocycles. The number of carbonyl (C=O) groups is 1. The lowest BCUT2D eigenvalue weighted by Crippen LogP contribution is -2.12. The van der Waals surface area contributed by atoms with Gasteiger partial charge in [0.2, 0.25) is 0 Å². The van der Waals surface area contributed by atoms with E-state index in [0.29, 0.717) is 31.3 Å². The molecule has 8 heteroatoms. The summed E-state index contributed by atoms with van der Waals surface area (Å²) in [6.45, 7) is 0. The van der Waals surface area contributed by atoms with Crippen LogP contribution in [0.15, 0.2) is 18.2 Å². The van der Waals surface area contributed by atoms with E-state index < -0.39 is 0 Å². The zero-order valence-corrected chi connectivity index (χ0v) is 15.9. The molecule has 0 saturated carbocycles. The summed E-state index contributed by atoms with van der Waals surface area (Å²) in [4.78, 5) is 18.5. The van der Waals surface area contributed by atoms with Crippen LogP contribution in [0.3, 0.4) is 0 Å². The number of nitrogens with one attached hydrogen (secondary N) is 1. The third kappa shape index (κ3) is 2.95. The lowest BCUT2D eigenvalue weighted by molar-refractivity contribution is 0.103. The Morgan fingerprint density at radius 1 is 1.12 bits per heavy atom. The lowest BCUT2D eigenvalue weighted by Gasteiger charge is -2.08. The van der Waals surface area contributed by atoms with Gasteiger partial charge in [-0.1, -0.05) is 34.8 Å². The molecule has 0 unspecified atom stereocenters. The van der Waals surface area contributed by atoms with Crippen molar-refractivity contribution in [3.63, 3.8) is 0 Å². The fourth-order valence-corrected chi connectivity index (χ4v) is 4.55. The minimum Gasteiger partial charge on any atom is -0.397 e. The number of nitrogens with zero attached hydrogens (tertiary/aromatic N) is 1. The van der Waals surface area contributed by atoms with E-state index in [1.165, 1.54) is 29.0 Å².